The summed E-state index contributed by atoms with van der Waals surface area (Å²) in [5, 5.41) is 0. The average Bonchev–Trinajstić information content (AvgIpc) is 3.16. The lowest BCUT2D eigenvalue weighted by Crippen LogP contribution is -2.28. The molecule has 2 N–H and O–H groups in total. The van der Waals surface area contributed by atoms with Crippen LogP contribution in [0.4, 0.5) is 13.2 Å². The first kappa shape index (κ1) is 30.4. The minimum absolute atomic E-state index is 0.0956. The average molecular weight is 538 g/mol. The van der Waals surface area contributed by atoms with Crippen LogP contribution in [0.1, 0.15) is 68.1 Å². The van der Waals surface area contributed by atoms with E-state index in [9.17, 15) is 31.2 Å². The van der Waals surface area contributed by atoms with E-state index in [1.54, 1.807) is 26.8 Å². The number of benzene rings is 1. The summed E-state index contributed by atoms with van der Waals surface area (Å²) < 4.78 is 67.3. The Morgan fingerprint density at radius 1 is 0.943 bits per heavy atom. The van der Waals surface area contributed by atoms with Gasteiger partial charge in [0.2, 0.25) is 0 Å². The third kappa shape index (κ3) is 10.7. The van der Waals surface area contributed by atoms with E-state index in [1.807, 2.05) is 6.07 Å². The Balaban J connectivity index is 0.000000427. The minimum Gasteiger partial charge on any atom is -0.460 e. The fraction of sp³-hybridized carbons (Fsp3) is 0.478. The summed E-state index contributed by atoms with van der Waals surface area (Å²) in [5.41, 5.74) is -0.197. The highest BCUT2D eigenvalue weighted by atomic mass is 32.2. The quantitative estimate of drug-likeness (QED) is 0.303. The first-order valence-electron chi connectivity index (χ1n) is 10.4. The standard InChI is InChI=1S/C14H17F3O5S.C9H13NOS/c1-13(2,3)21-12(18)9-6-10-4-7-11(8-5-10)22-23(19,20)14(15,16)17;1-9(2,3)7-5-4-6(12-7)8(10)11/h4-5,7-8H,6,9H2,1-3H3;4-5H,1-3H3,(H2,10,11). The van der Waals surface area contributed by atoms with Crippen LogP contribution in [0, 0.1) is 0 Å². The van der Waals surface area contributed by atoms with Gasteiger partial charge in [-0.1, -0.05) is 32.9 Å². The molecule has 0 aliphatic rings. The van der Waals surface area contributed by atoms with Crippen molar-refractivity contribution >= 4 is 33.3 Å². The largest absolute Gasteiger partial charge is 0.534 e. The van der Waals surface area contributed by atoms with Gasteiger partial charge in [0.05, 0.1) is 4.88 Å². The molecule has 1 heterocycles. The smallest absolute Gasteiger partial charge is 0.460 e. The molecule has 0 radical (unpaired) electrons. The van der Waals surface area contributed by atoms with Gasteiger partial charge in [0.1, 0.15) is 11.4 Å². The highest BCUT2D eigenvalue weighted by Gasteiger charge is 2.48. The number of carbonyl (C=O) groups excluding carboxylic acids is 2. The molecule has 0 unspecified atom stereocenters. The van der Waals surface area contributed by atoms with E-state index in [0.717, 1.165) is 12.1 Å². The zero-order valence-corrected chi connectivity index (χ0v) is 22.0. The summed E-state index contributed by atoms with van der Waals surface area (Å²) in [6.07, 6.45) is 0.402. The summed E-state index contributed by atoms with van der Waals surface area (Å²) in [7, 11) is -5.68. The van der Waals surface area contributed by atoms with Crippen molar-refractivity contribution in [1.29, 1.82) is 0 Å². The van der Waals surface area contributed by atoms with E-state index in [2.05, 4.69) is 25.0 Å². The molecule has 0 saturated heterocycles. The van der Waals surface area contributed by atoms with Gasteiger partial charge in [0.15, 0.2) is 0 Å². The molecule has 1 aromatic heterocycles. The molecule has 12 heteroatoms. The topological polar surface area (TPSA) is 113 Å². The maximum atomic E-state index is 12.2. The van der Waals surface area contributed by atoms with Gasteiger partial charge >= 0.3 is 21.6 Å². The minimum atomic E-state index is -5.68. The Morgan fingerprint density at radius 3 is 1.86 bits per heavy atom. The van der Waals surface area contributed by atoms with Crippen LogP contribution in [-0.4, -0.2) is 31.4 Å². The van der Waals surface area contributed by atoms with Crippen LogP contribution in [0.3, 0.4) is 0 Å². The van der Waals surface area contributed by atoms with Crippen molar-refractivity contribution in [2.75, 3.05) is 0 Å². The number of thiophene rings is 1. The van der Waals surface area contributed by atoms with Gasteiger partial charge in [-0.2, -0.15) is 21.6 Å². The number of esters is 1. The van der Waals surface area contributed by atoms with Gasteiger partial charge in [-0.05, 0) is 62.4 Å². The monoisotopic (exact) mass is 537 g/mol. The SMILES string of the molecule is CC(C)(C)OC(=O)CCc1ccc(OS(=O)(=O)C(F)(F)F)cc1.CC(C)(C)c1ccc(C(N)=O)s1. The molecule has 1 aromatic carbocycles. The molecule has 35 heavy (non-hydrogen) atoms. The molecule has 2 rings (SSSR count). The second-order valence-electron chi connectivity index (χ2n) is 9.49. The zero-order valence-electron chi connectivity index (χ0n) is 20.4. The van der Waals surface area contributed by atoms with Crippen LogP contribution >= 0.6 is 11.3 Å². The molecule has 0 bridgehead atoms. The van der Waals surface area contributed by atoms with E-state index in [1.165, 1.54) is 28.3 Å². The predicted octanol–water partition coefficient (Wildman–Crippen LogP) is 5.33. The van der Waals surface area contributed by atoms with Crippen LogP contribution in [0.5, 0.6) is 5.75 Å². The van der Waals surface area contributed by atoms with Crippen molar-refractivity contribution in [2.45, 2.75) is 70.9 Å². The van der Waals surface area contributed by atoms with Crippen molar-refractivity contribution in [1.82, 2.24) is 0 Å². The first-order chi connectivity index (χ1) is 15.7. The second-order valence-corrected chi connectivity index (χ2v) is 12.1. The Kier molecular flexibility index (Phi) is 9.93. The summed E-state index contributed by atoms with van der Waals surface area (Å²) in [6.45, 7) is 11.5. The molecule has 0 saturated carbocycles. The number of aryl methyl sites for hydroxylation is 1. The van der Waals surface area contributed by atoms with Crippen LogP contribution in [0.25, 0.3) is 0 Å². The normalized spacial score (nSPS) is 12.4. The number of carbonyl (C=O) groups is 2. The number of hydrogen-bond acceptors (Lipinski definition) is 7. The summed E-state index contributed by atoms with van der Waals surface area (Å²) in [4.78, 5) is 24.1. The fourth-order valence-corrected chi connectivity index (χ4v) is 3.77. The van der Waals surface area contributed by atoms with E-state index < -0.39 is 32.9 Å². The van der Waals surface area contributed by atoms with Crippen LogP contribution in [0.2, 0.25) is 0 Å². The predicted molar refractivity (Wildman–Crippen MR) is 128 cm³/mol. The van der Waals surface area contributed by atoms with Crippen molar-refractivity contribution < 1.29 is 40.1 Å². The van der Waals surface area contributed by atoms with Crippen LogP contribution < -0.4 is 9.92 Å². The van der Waals surface area contributed by atoms with Crippen LogP contribution in [-0.2, 0) is 31.5 Å². The number of halogens is 3. The molecule has 0 spiro atoms. The van der Waals surface area contributed by atoms with Crippen molar-refractivity contribution in [2.24, 2.45) is 5.73 Å². The maximum Gasteiger partial charge on any atom is 0.534 e. The first-order valence-corrected chi connectivity index (χ1v) is 12.7. The number of hydrogen-bond donors (Lipinski definition) is 1. The van der Waals surface area contributed by atoms with Gasteiger partial charge < -0.3 is 14.7 Å². The number of primary amides is 1. The zero-order chi connectivity index (χ0) is 27.2. The Morgan fingerprint density at radius 2 is 1.49 bits per heavy atom. The lowest BCUT2D eigenvalue weighted by molar-refractivity contribution is -0.154. The molecule has 0 fully saturated rings. The van der Waals surface area contributed by atoms with Gasteiger partial charge in [-0.25, -0.2) is 0 Å². The van der Waals surface area contributed by atoms with Crippen molar-refractivity contribution in [3.8, 4) is 5.75 Å². The number of rotatable bonds is 6. The number of ether oxygens (including phenoxy) is 1. The highest BCUT2D eigenvalue weighted by Crippen LogP contribution is 2.29. The molecule has 1 amide bonds. The molecule has 0 aliphatic heterocycles. The van der Waals surface area contributed by atoms with E-state index in [0.29, 0.717) is 16.9 Å². The third-order valence-electron chi connectivity index (χ3n) is 4.04. The third-order valence-corrected chi connectivity index (χ3v) is 6.54. The fourth-order valence-electron chi connectivity index (χ4n) is 2.40. The number of amides is 1. The van der Waals surface area contributed by atoms with E-state index in [4.69, 9.17) is 10.5 Å². The summed E-state index contributed by atoms with van der Waals surface area (Å²) >= 11 is 1.47. The Labute approximate surface area is 207 Å². The molecule has 7 nitrogen and oxygen atoms in total. The van der Waals surface area contributed by atoms with Crippen LogP contribution in [0.15, 0.2) is 36.4 Å². The number of alkyl halides is 3. The van der Waals surface area contributed by atoms with Gasteiger partial charge in [0.25, 0.3) is 5.91 Å². The van der Waals surface area contributed by atoms with Crippen molar-refractivity contribution in [3.05, 3.63) is 51.7 Å². The molecular weight excluding hydrogens is 507 g/mol. The van der Waals surface area contributed by atoms with Gasteiger partial charge in [-0.3, -0.25) is 9.59 Å². The molecule has 0 aliphatic carbocycles. The van der Waals surface area contributed by atoms with Gasteiger partial charge in [0, 0.05) is 11.3 Å². The molecular formula is C23H30F3NO6S2. The highest BCUT2D eigenvalue weighted by molar-refractivity contribution is 7.88. The Bertz CT molecular complexity index is 1110. The van der Waals surface area contributed by atoms with Crippen molar-refractivity contribution in [3.63, 3.8) is 0 Å². The van der Waals surface area contributed by atoms with E-state index >= 15 is 0 Å². The summed E-state index contributed by atoms with van der Waals surface area (Å²) in [5.74, 6) is -1.20. The number of nitrogens with two attached hydrogens (primary N) is 1. The lowest BCUT2D eigenvalue weighted by atomic mass is 9.95. The van der Waals surface area contributed by atoms with E-state index in [-0.39, 0.29) is 17.7 Å². The molecule has 2 aromatic rings. The lowest BCUT2D eigenvalue weighted by Gasteiger charge is -2.19. The van der Waals surface area contributed by atoms with Gasteiger partial charge in [-0.15, -0.1) is 11.3 Å². The molecule has 0 atom stereocenters. The summed E-state index contributed by atoms with van der Waals surface area (Å²) in [6, 6.07) is 8.69. The molecule has 196 valence electrons. The maximum absolute atomic E-state index is 12.2. The second kappa shape index (κ2) is 11.4. The Hall–Kier alpha value is -2.60.